The molecule has 12 heteroatoms. The van der Waals surface area contributed by atoms with E-state index < -0.39 is 10.0 Å². The number of rotatable bonds is 7. The van der Waals surface area contributed by atoms with Crippen LogP contribution in [-0.4, -0.2) is 60.0 Å². The Bertz CT molecular complexity index is 1560. The van der Waals surface area contributed by atoms with Gasteiger partial charge < -0.3 is 9.15 Å². The van der Waals surface area contributed by atoms with Crippen LogP contribution in [0.1, 0.15) is 17.1 Å². The first-order chi connectivity index (χ1) is 18.0. The number of nitrogens with one attached hydrogen (secondary N) is 1. The molecule has 0 saturated carbocycles. The lowest BCUT2D eigenvalue weighted by molar-refractivity contribution is 0.0730. The second-order valence-electron chi connectivity index (χ2n) is 8.15. The molecule has 0 bridgehead atoms. The maximum Gasteiger partial charge on any atom is 0.252 e. The monoisotopic (exact) mass is 517 g/mol. The van der Waals surface area contributed by atoms with Gasteiger partial charge in [-0.1, -0.05) is 30.3 Å². The Balaban J connectivity index is 1.47. The summed E-state index contributed by atoms with van der Waals surface area (Å²) in [4.78, 5) is 4.20. The number of anilines is 1. The number of para-hydroxylation sites is 1. The highest BCUT2D eigenvalue weighted by Crippen LogP contribution is 2.26. The van der Waals surface area contributed by atoms with E-state index in [0.29, 0.717) is 49.0 Å². The normalized spacial score (nSPS) is 14.6. The van der Waals surface area contributed by atoms with Gasteiger partial charge in [0.25, 0.3) is 5.88 Å². The van der Waals surface area contributed by atoms with Crippen molar-refractivity contribution < 1.29 is 17.6 Å². The number of hydrazone groups is 1. The van der Waals surface area contributed by atoms with Crippen molar-refractivity contribution in [2.75, 3.05) is 31.7 Å². The third kappa shape index (κ3) is 5.14. The van der Waals surface area contributed by atoms with Crippen molar-refractivity contribution >= 4 is 22.1 Å². The van der Waals surface area contributed by atoms with Gasteiger partial charge in [-0.15, -0.1) is 0 Å². The first-order valence-electron chi connectivity index (χ1n) is 11.5. The average molecular weight is 518 g/mol. The van der Waals surface area contributed by atoms with Crippen molar-refractivity contribution in [1.29, 1.82) is 5.26 Å². The molecule has 0 radical (unpaired) electrons. The number of sulfonamides is 1. The molecule has 1 aliphatic heterocycles. The van der Waals surface area contributed by atoms with Crippen LogP contribution in [0.2, 0.25) is 0 Å². The molecule has 1 N–H and O–H groups in total. The van der Waals surface area contributed by atoms with Crippen LogP contribution in [0.25, 0.3) is 16.9 Å². The number of morpholine rings is 1. The van der Waals surface area contributed by atoms with Crippen LogP contribution in [0.5, 0.6) is 0 Å². The van der Waals surface area contributed by atoms with Crippen molar-refractivity contribution in [3.8, 4) is 23.0 Å². The lowest BCUT2D eigenvalue weighted by Crippen LogP contribution is -2.40. The first-order valence-corrected chi connectivity index (χ1v) is 12.9. The van der Waals surface area contributed by atoms with Crippen LogP contribution in [0.4, 0.5) is 5.88 Å². The van der Waals surface area contributed by atoms with E-state index in [2.05, 4.69) is 15.5 Å². The third-order valence-electron chi connectivity index (χ3n) is 5.71. The maximum absolute atomic E-state index is 13.0. The Hall–Kier alpha value is -4.31. The molecule has 1 saturated heterocycles. The second-order valence-corrected chi connectivity index (χ2v) is 10.1. The van der Waals surface area contributed by atoms with Crippen molar-refractivity contribution in [3.63, 3.8) is 0 Å². The Morgan fingerprint density at radius 1 is 1.11 bits per heavy atom. The molecule has 1 aliphatic rings. The van der Waals surface area contributed by atoms with E-state index in [0.717, 1.165) is 5.69 Å². The van der Waals surface area contributed by atoms with Gasteiger partial charge in [0.1, 0.15) is 11.8 Å². The molecular formula is C25H23N7O4S. The van der Waals surface area contributed by atoms with Crippen LogP contribution in [0, 0.1) is 18.3 Å². The van der Waals surface area contributed by atoms with Gasteiger partial charge in [0.05, 0.1) is 30.0 Å². The standard InChI is InChI=1S/C25H23N7O4S/c1-18-28-23(15-26)25(36-18)29-27-16-20-17-32(21-5-3-2-4-6-21)30-24(20)19-7-9-22(10-8-19)37(33,34)31-11-13-35-14-12-31/h2-10,16-17,29H,11-14H2,1H3/b27-16+. The summed E-state index contributed by atoms with van der Waals surface area (Å²) in [5.41, 5.74) is 5.64. The largest absolute Gasteiger partial charge is 0.422 e. The van der Waals surface area contributed by atoms with Crippen LogP contribution in [-0.2, 0) is 14.8 Å². The highest BCUT2D eigenvalue weighted by molar-refractivity contribution is 7.89. The summed E-state index contributed by atoms with van der Waals surface area (Å²) in [6.07, 6.45) is 3.37. The number of aromatic nitrogens is 3. The summed E-state index contributed by atoms with van der Waals surface area (Å²) in [7, 11) is -3.61. The predicted octanol–water partition coefficient (Wildman–Crippen LogP) is 3.17. The van der Waals surface area contributed by atoms with Crippen molar-refractivity contribution in [2.45, 2.75) is 11.8 Å². The maximum atomic E-state index is 13.0. The SMILES string of the molecule is Cc1nc(C#N)c(N/N=C/c2cn(-c3ccccc3)nc2-c2ccc(S(=O)(=O)N3CCOCC3)cc2)o1. The van der Waals surface area contributed by atoms with Crippen LogP contribution in [0.15, 0.2) is 75.2 Å². The number of nitriles is 1. The topological polar surface area (TPSA) is 139 Å². The number of hydrogen-bond acceptors (Lipinski definition) is 9. The highest BCUT2D eigenvalue weighted by atomic mass is 32.2. The van der Waals surface area contributed by atoms with Gasteiger partial charge >= 0.3 is 0 Å². The summed E-state index contributed by atoms with van der Waals surface area (Å²) in [5.74, 6) is 0.491. The molecule has 2 aromatic carbocycles. The molecule has 0 aliphatic carbocycles. The minimum absolute atomic E-state index is 0.104. The van der Waals surface area contributed by atoms with E-state index in [1.165, 1.54) is 4.31 Å². The minimum atomic E-state index is -3.61. The third-order valence-corrected chi connectivity index (χ3v) is 7.62. The fraction of sp³-hybridized carbons (Fsp3) is 0.200. The summed E-state index contributed by atoms with van der Waals surface area (Å²) >= 11 is 0. The average Bonchev–Trinajstić information content (AvgIpc) is 3.53. The molecule has 4 aromatic rings. The lowest BCUT2D eigenvalue weighted by Gasteiger charge is -2.26. The molecule has 5 rings (SSSR count). The molecule has 0 spiro atoms. The molecule has 0 unspecified atom stereocenters. The Labute approximate surface area is 213 Å². The fourth-order valence-electron chi connectivity index (χ4n) is 3.88. The zero-order valence-corrected chi connectivity index (χ0v) is 20.7. The molecule has 37 heavy (non-hydrogen) atoms. The van der Waals surface area contributed by atoms with Gasteiger partial charge in [-0.3, -0.25) is 0 Å². The Kier molecular flexibility index (Phi) is 6.82. The summed E-state index contributed by atoms with van der Waals surface area (Å²) < 4.78 is 39.8. The van der Waals surface area contributed by atoms with E-state index in [1.54, 1.807) is 42.1 Å². The second kappa shape index (κ2) is 10.4. The van der Waals surface area contributed by atoms with Crippen LogP contribution < -0.4 is 5.43 Å². The van der Waals surface area contributed by atoms with Gasteiger partial charge in [0.15, 0.2) is 5.89 Å². The van der Waals surface area contributed by atoms with Crippen molar-refractivity contribution in [3.05, 3.63) is 77.9 Å². The zero-order chi connectivity index (χ0) is 25.8. The number of aryl methyl sites for hydroxylation is 1. The fourth-order valence-corrected chi connectivity index (χ4v) is 5.29. The molecule has 0 amide bonds. The van der Waals surface area contributed by atoms with E-state index >= 15 is 0 Å². The van der Waals surface area contributed by atoms with Gasteiger partial charge in [-0.2, -0.15) is 19.8 Å². The molecule has 11 nitrogen and oxygen atoms in total. The first kappa shape index (κ1) is 24.4. The highest BCUT2D eigenvalue weighted by Gasteiger charge is 2.26. The molecule has 1 fully saturated rings. The van der Waals surface area contributed by atoms with Crippen LogP contribution in [0.3, 0.4) is 0 Å². The quantitative estimate of drug-likeness (QED) is 0.291. The number of hydrogen-bond donors (Lipinski definition) is 1. The van der Waals surface area contributed by atoms with E-state index in [-0.39, 0.29) is 16.5 Å². The van der Waals surface area contributed by atoms with Gasteiger partial charge in [0, 0.05) is 37.3 Å². The predicted molar refractivity (Wildman–Crippen MR) is 136 cm³/mol. The number of oxazole rings is 1. The van der Waals surface area contributed by atoms with Crippen molar-refractivity contribution in [1.82, 2.24) is 19.1 Å². The van der Waals surface area contributed by atoms with Crippen molar-refractivity contribution in [2.24, 2.45) is 5.10 Å². The van der Waals surface area contributed by atoms with E-state index in [1.807, 2.05) is 42.6 Å². The molecule has 0 atom stereocenters. The Morgan fingerprint density at radius 3 is 2.54 bits per heavy atom. The van der Waals surface area contributed by atoms with Crippen LogP contribution >= 0.6 is 0 Å². The summed E-state index contributed by atoms with van der Waals surface area (Å²) in [6.45, 7) is 3.07. The number of ether oxygens (including phenoxy) is 1. The van der Waals surface area contributed by atoms with Gasteiger partial charge in [-0.05, 0) is 24.3 Å². The van der Waals surface area contributed by atoms with Gasteiger partial charge in [-0.25, -0.2) is 23.5 Å². The Morgan fingerprint density at radius 2 is 1.84 bits per heavy atom. The summed E-state index contributed by atoms with van der Waals surface area (Å²) in [5, 5.41) is 18.1. The number of benzene rings is 2. The smallest absolute Gasteiger partial charge is 0.252 e. The van der Waals surface area contributed by atoms with E-state index in [9.17, 15) is 13.7 Å². The zero-order valence-electron chi connectivity index (χ0n) is 19.9. The lowest BCUT2D eigenvalue weighted by atomic mass is 10.1. The molecule has 2 aromatic heterocycles. The minimum Gasteiger partial charge on any atom is -0.422 e. The molecule has 188 valence electrons. The molecular weight excluding hydrogens is 494 g/mol. The van der Waals surface area contributed by atoms with E-state index in [4.69, 9.17) is 14.3 Å². The summed E-state index contributed by atoms with van der Waals surface area (Å²) in [6, 6.07) is 18.1. The molecule has 3 heterocycles. The number of nitrogens with zero attached hydrogens (tertiary/aromatic N) is 6. The van der Waals surface area contributed by atoms with Gasteiger partial charge in [0.2, 0.25) is 15.7 Å².